The molecule has 1 atom stereocenters. The van der Waals surface area contributed by atoms with Crippen molar-refractivity contribution in [3.05, 3.63) is 11.6 Å². The third-order valence-corrected chi connectivity index (χ3v) is 7.06. The smallest absolute Gasteiger partial charge is 0.475 e. The van der Waals surface area contributed by atoms with E-state index in [9.17, 15) is 27.2 Å². The summed E-state index contributed by atoms with van der Waals surface area (Å²) in [6, 6.07) is 0.193. The highest BCUT2D eigenvalue weighted by atomic mass is 19.4. The number of aromatic nitrogens is 3. The van der Waals surface area contributed by atoms with Crippen LogP contribution in [0.2, 0.25) is 0 Å². The van der Waals surface area contributed by atoms with Gasteiger partial charge in [-0.3, -0.25) is 14.5 Å². The molecule has 2 aliphatic carbocycles. The summed E-state index contributed by atoms with van der Waals surface area (Å²) < 4.78 is 46.8. The molecule has 14 heteroatoms. The van der Waals surface area contributed by atoms with E-state index >= 15 is 0 Å². The van der Waals surface area contributed by atoms with Gasteiger partial charge in [0.05, 0.1) is 6.04 Å². The number of fused-ring (bicyclic) bond motifs is 3. The summed E-state index contributed by atoms with van der Waals surface area (Å²) >= 11 is 0. The lowest BCUT2D eigenvalue weighted by Gasteiger charge is -2.45. The van der Waals surface area contributed by atoms with Crippen molar-refractivity contribution in [3.63, 3.8) is 0 Å². The normalized spacial score (nSPS) is 26.6. The number of carboxylic acids is 1. The number of aliphatic carboxylic acids is 1. The summed E-state index contributed by atoms with van der Waals surface area (Å²) in [5, 5.41) is 18.7. The molecule has 5 rings (SSSR count). The molecule has 2 aliphatic heterocycles. The van der Waals surface area contributed by atoms with Crippen molar-refractivity contribution in [1.82, 2.24) is 29.9 Å². The van der Waals surface area contributed by atoms with Crippen molar-refractivity contribution in [2.45, 2.75) is 69.5 Å². The molecule has 2 amide bonds. The Morgan fingerprint density at radius 3 is 2.23 bits per heavy atom. The van der Waals surface area contributed by atoms with E-state index in [0.29, 0.717) is 38.3 Å². The molecule has 1 unspecified atom stereocenters. The molecule has 1 aromatic rings. The highest BCUT2D eigenvalue weighted by Crippen LogP contribution is 2.34. The number of hydrogen-bond donors (Lipinski definition) is 2. The topological polar surface area (TPSA) is 121 Å². The van der Waals surface area contributed by atoms with E-state index in [0.717, 1.165) is 44.6 Å². The third kappa shape index (κ3) is 5.57. The second kappa shape index (κ2) is 10.1. The number of nitrogens with zero attached hydrogens (tertiary/aromatic N) is 5. The van der Waals surface area contributed by atoms with Gasteiger partial charge in [-0.1, -0.05) is 12.8 Å². The van der Waals surface area contributed by atoms with Crippen LogP contribution in [0.15, 0.2) is 0 Å². The molecule has 2 saturated carbocycles. The average Bonchev–Trinajstić information content (AvgIpc) is 3.45. The van der Waals surface area contributed by atoms with Gasteiger partial charge in [0, 0.05) is 44.7 Å². The zero-order valence-corrected chi connectivity index (χ0v) is 19.0. The number of carbonyl (C=O) groups is 3. The maximum Gasteiger partial charge on any atom is 0.490 e. The van der Waals surface area contributed by atoms with Crippen LogP contribution in [0, 0.1) is 5.92 Å². The standard InChI is InChI=1S/C19H27FN6O2.C2HF3O2/c20-13-9-12(10-13)19(28)25-6-5-24-7-8-26-16(15(24)11-25)22-23-17(26)18(27)21-14-3-1-2-4-14;3-2(4,5)1(6)7/h12-15H,1-11H2,(H,21,27);(H,6,7). The molecule has 10 nitrogen and oxygen atoms in total. The molecule has 3 heterocycles. The van der Waals surface area contributed by atoms with Crippen LogP contribution in [0.3, 0.4) is 0 Å². The Kier molecular flexibility index (Phi) is 7.29. The summed E-state index contributed by atoms with van der Waals surface area (Å²) in [5.74, 6) is -1.87. The van der Waals surface area contributed by atoms with E-state index in [1.807, 2.05) is 9.47 Å². The van der Waals surface area contributed by atoms with Gasteiger partial charge in [-0.15, -0.1) is 10.2 Å². The number of carbonyl (C=O) groups excluding carboxylic acids is 2. The minimum atomic E-state index is -5.08. The number of amides is 2. The molecular weight excluding hydrogens is 476 g/mol. The van der Waals surface area contributed by atoms with Gasteiger partial charge in [-0.05, 0) is 25.7 Å². The number of carboxylic acid groups (broad SMARTS) is 1. The van der Waals surface area contributed by atoms with Crippen LogP contribution in [-0.4, -0.2) is 92.0 Å². The number of nitrogens with one attached hydrogen (secondary N) is 1. The monoisotopic (exact) mass is 504 g/mol. The fourth-order valence-electron chi connectivity index (χ4n) is 5.04. The van der Waals surface area contributed by atoms with Crippen LogP contribution in [0.1, 0.15) is 61.0 Å². The predicted molar refractivity (Wildman–Crippen MR) is 112 cm³/mol. The quantitative estimate of drug-likeness (QED) is 0.599. The Balaban J connectivity index is 0.000000364. The molecular formula is C21H28F4N6O4. The molecule has 4 aliphatic rings. The van der Waals surface area contributed by atoms with E-state index in [-0.39, 0.29) is 29.8 Å². The maximum atomic E-state index is 13.1. The summed E-state index contributed by atoms with van der Waals surface area (Å²) in [6.45, 7) is 3.49. The average molecular weight is 504 g/mol. The van der Waals surface area contributed by atoms with Crippen LogP contribution in [0.25, 0.3) is 0 Å². The zero-order valence-electron chi connectivity index (χ0n) is 19.0. The van der Waals surface area contributed by atoms with E-state index in [1.165, 1.54) is 0 Å². The lowest BCUT2D eigenvalue weighted by Crippen LogP contribution is -2.56. The second-order valence-corrected chi connectivity index (χ2v) is 9.39. The number of hydrogen-bond acceptors (Lipinski definition) is 6. The predicted octanol–water partition coefficient (Wildman–Crippen LogP) is 1.53. The molecule has 3 fully saturated rings. The van der Waals surface area contributed by atoms with E-state index in [4.69, 9.17) is 9.90 Å². The van der Waals surface area contributed by atoms with Crippen LogP contribution < -0.4 is 5.32 Å². The molecule has 1 aromatic heterocycles. The van der Waals surface area contributed by atoms with Gasteiger partial charge in [0.25, 0.3) is 5.91 Å². The number of halogens is 4. The Morgan fingerprint density at radius 2 is 1.63 bits per heavy atom. The van der Waals surface area contributed by atoms with Crippen molar-refractivity contribution >= 4 is 17.8 Å². The molecule has 194 valence electrons. The molecule has 0 aromatic carbocycles. The SMILES string of the molecule is O=C(NC1CCCC1)c1nnc2n1CCN1CCN(C(=O)C3CC(F)C3)CC21.O=C(O)C(F)(F)F. The lowest BCUT2D eigenvalue weighted by atomic mass is 9.82. The summed E-state index contributed by atoms with van der Waals surface area (Å²) in [6.07, 6.45) is -0.824. The fraction of sp³-hybridized carbons (Fsp3) is 0.762. The van der Waals surface area contributed by atoms with Crippen molar-refractivity contribution in [1.29, 1.82) is 0 Å². The first-order valence-electron chi connectivity index (χ1n) is 11.8. The molecule has 0 bridgehead atoms. The first-order valence-corrected chi connectivity index (χ1v) is 11.8. The molecule has 1 saturated heterocycles. The molecule has 2 N–H and O–H groups in total. The first-order chi connectivity index (χ1) is 16.5. The molecule has 35 heavy (non-hydrogen) atoms. The Labute approximate surface area is 198 Å². The Hall–Kier alpha value is -2.77. The van der Waals surface area contributed by atoms with Gasteiger partial charge in [0.2, 0.25) is 11.7 Å². The van der Waals surface area contributed by atoms with Crippen molar-refractivity contribution in [2.75, 3.05) is 26.2 Å². The maximum absolute atomic E-state index is 13.1. The number of rotatable bonds is 3. The van der Waals surface area contributed by atoms with Gasteiger partial charge >= 0.3 is 12.1 Å². The van der Waals surface area contributed by atoms with Crippen LogP contribution in [0.5, 0.6) is 0 Å². The van der Waals surface area contributed by atoms with Crippen LogP contribution in [0.4, 0.5) is 17.6 Å². The number of alkyl halides is 4. The van der Waals surface area contributed by atoms with E-state index in [2.05, 4.69) is 20.4 Å². The van der Waals surface area contributed by atoms with E-state index in [1.54, 1.807) is 0 Å². The number of piperazine rings is 1. The van der Waals surface area contributed by atoms with Crippen molar-refractivity contribution in [2.24, 2.45) is 5.92 Å². The van der Waals surface area contributed by atoms with Gasteiger partial charge < -0.3 is 19.9 Å². The van der Waals surface area contributed by atoms with Gasteiger partial charge in [-0.2, -0.15) is 13.2 Å². The Morgan fingerprint density at radius 1 is 1.00 bits per heavy atom. The summed E-state index contributed by atoms with van der Waals surface area (Å²) in [7, 11) is 0. The third-order valence-electron chi connectivity index (χ3n) is 7.06. The first kappa shape index (κ1) is 25.3. The second-order valence-electron chi connectivity index (χ2n) is 9.39. The van der Waals surface area contributed by atoms with Gasteiger partial charge in [0.15, 0.2) is 5.82 Å². The minimum absolute atomic E-state index is 0.0479. The highest BCUT2D eigenvalue weighted by Gasteiger charge is 2.42. The summed E-state index contributed by atoms with van der Waals surface area (Å²) in [4.78, 5) is 38.4. The highest BCUT2D eigenvalue weighted by molar-refractivity contribution is 5.91. The van der Waals surface area contributed by atoms with Gasteiger partial charge in [-0.25, -0.2) is 9.18 Å². The minimum Gasteiger partial charge on any atom is -0.475 e. The molecule has 0 spiro atoms. The van der Waals surface area contributed by atoms with Gasteiger partial charge in [0.1, 0.15) is 6.17 Å². The summed E-state index contributed by atoms with van der Waals surface area (Å²) in [5.41, 5.74) is 0. The fourth-order valence-corrected chi connectivity index (χ4v) is 5.04. The van der Waals surface area contributed by atoms with Crippen molar-refractivity contribution < 1.29 is 37.1 Å². The van der Waals surface area contributed by atoms with E-state index < -0.39 is 18.3 Å². The lowest BCUT2D eigenvalue weighted by molar-refractivity contribution is -0.192. The molecule has 0 radical (unpaired) electrons. The van der Waals surface area contributed by atoms with Crippen molar-refractivity contribution in [3.8, 4) is 0 Å². The zero-order chi connectivity index (χ0) is 25.3. The largest absolute Gasteiger partial charge is 0.490 e. The Bertz CT molecular complexity index is 958. The van der Waals surface area contributed by atoms with Crippen LogP contribution >= 0.6 is 0 Å². The van der Waals surface area contributed by atoms with Crippen LogP contribution in [-0.2, 0) is 16.1 Å².